The van der Waals surface area contributed by atoms with Crippen LogP contribution in [0.15, 0.2) is 54.3 Å². The molecule has 1 aliphatic heterocycles. The first-order valence-electron chi connectivity index (χ1n) is 8.25. The summed E-state index contributed by atoms with van der Waals surface area (Å²) in [7, 11) is 4.04. The number of carbonyl (C=O) groups is 1. The molecule has 0 bridgehead atoms. The second-order valence-electron chi connectivity index (χ2n) is 6.25. The maximum Gasteiger partial charge on any atom is 0.294 e. The van der Waals surface area contributed by atoms with Crippen LogP contribution in [0.25, 0.3) is 6.08 Å². The molecular formula is C20H22Cl2N2O2. The van der Waals surface area contributed by atoms with Gasteiger partial charge in [0.15, 0.2) is 11.5 Å². The fourth-order valence-corrected chi connectivity index (χ4v) is 2.92. The van der Waals surface area contributed by atoms with E-state index in [0.29, 0.717) is 23.1 Å². The Kier molecular flexibility index (Phi) is 7.09. The van der Waals surface area contributed by atoms with Gasteiger partial charge in [-0.1, -0.05) is 41.9 Å². The maximum atomic E-state index is 13.0. The Bertz CT molecular complexity index is 792. The van der Waals surface area contributed by atoms with Gasteiger partial charge in [-0.2, -0.15) is 0 Å². The highest BCUT2D eigenvalue weighted by atomic mass is 35.5. The number of hydrogen-bond acceptors (Lipinski definition) is 3. The third kappa shape index (κ3) is 4.79. The highest BCUT2D eigenvalue weighted by molar-refractivity contribution is 6.31. The molecule has 3 rings (SSSR count). The van der Waals surface area contributed by atoms with Gasteiger partial charge in [-0.05, 0) is 56.9 Å². The lowest BCUT2D eigenvalue weighted by Crippen LogP contribution is -2.38. The molecule has 1 aliphatic rings. The minimum Gasteiger partial charge on any atom is -0.449 e. The van der Waals surface area contributed by atoms with Gasteiger partial charge in [0, 0.05) is 11.6 Å². The molecule has 26 heavy (non-hydrogen) atoms. The average molecular weight is 393 g/mol. The van der Waals surface area contributed by atoms with Gasteiger partial charge in [-0.3, -0.25) is 4.79 Å². The number of ether oxygens (including phenoxy) is 1. The van der Waals surface area contributed by atoms with Gasteiger partial charge in [-0.25, -0.2) is 0 Å². The minimum atomic E-state index is -0.141. The van der Waals surface area contributed by atoms with Crippen molar-refractivity contribution < 1.29 is 9.53 Å². The van der Waals surface area contributed by atoms with E-state index in [0.717, 1.165) is 24.2 Å². The standard InChI is InChI=1S/C20H21ClN2O2.ClH/c1-22(2)11-6-12-23-17-14-16(21)9-10-18(17)25-19(20(23)24)13-15-7-4-3-5-8-15;/h3-5,7-10,13-14H,6,11-12H2,1-2H3;1H/b19-13-;. The summed E-state index contributed by atoms with van der Waals surface area (Å²) >= 11 is 6.12. The fraction of sp³-hybridized carbons (Fsp3) is 0.250. The van der Waals surface area contributed by atoms with Crippen LogP contribution in [-0.4, -0.2) is 38.0 Å². The van der Waals surface area contributed by atoms with E-state index in [2.05, 4.69) is 4.90 Å². The molecule has 1 heterocycles. The van der Waals surface area contributed by atoms with Gasteiger partial charge >= 0.3 is 0 Å². The van der Waals surface area contributed by atoms with Gasteiger partial charge in [0.2, 0.25) is 0 Å². The van der Waals surface area contributed by atoms with Crippen LogP contribution in [0.4, 0.5) is 5.69 Å². The van der Waals surface area contributed by atoms with Crippen molar-refractivity contribution in [2.75, 3.05) is 32.1 Å². The van der Waals surface area contributed by atoms with Crippen LogP contribution in [0.2, 0.25) is 5.02 Å². The Morgan fingerprint density at radius 3 is 2.58 bits per heavy atom. The summed E-state index contributed by atoms with van der Waals surface area (Å²) in [6.45, 7) is 1.51. The molecule has 0 fully saturated rings. The van der Waals surface area contributed by atoms with Crippen LogP contribution >= 0.6 is 24.0 Å². The van der Waals surface area contributed by atoms with Crippen molar-refractivity contribution in [1.82, 2.24) is 4.90 Å². The number of benzene rings is 2. The molecule has 0 N–H and O–H groups in total. The Morgan fingerprint density at radius 2 is 1.88 bits per heavy atom. The lowest BCUT2D eigenvalue weighted by Gasteiger charge is -2.31. The first-order valence-corrected chi connectivity index (χ1v) is 8.63. The molecule has 0 spiro atoms. The number of carbonyl (C=O) groups excluding carboxylic acids is 1. The zero-order valence-corrected chi connectivity index (χ0v) is 16.4. The van der Waals surface area contributed by atoms with Crippen LogP contribution in [0.1, 0.15) is 12.0 Å². The van der Waals surface area contributed by atoms with Gasteiger partial charge in [-0.15, -0.1) is 12.4 Å². The van der Waals surface area contributed by atoms with Crippen LogP contribution in [0.5, 0.6) is 5.75 Å². The highest BCUT2D eigenvalue weighted by Gasteiger charge is 2.30. The van der Waals surface area contributed by atoms with Gasteiger partial charge < -0.3 is 14.5 Å². The minimum absolute atomic E-state index is 0. The SMILES string of the molecule is CN(C)CCCN1C(=O)/C(=C/c2ccccc2)Oc2ccc(Cl)cc21.Cl. The van der Waals surface area contributed by atoms with Gasteiger partial charge in [0.1, 0.15) is 0 Å². The van der Waals surface area contributed by atoms with E-state index in [1.165, 1.54) is 0 Å². The first-order chi connectivity index (χ1) is 12.0. The van der Waals surface area contributed by atoms with Crippen molar-refractivity contribution in [3.05, 3.63) is 64.9 Å². The molecule has 4 nitrogen and oxygen atoms in total. The van der Waals surface area contributed by atoms with Crippen molar-refractivity contribution in [1.29, 1.82) is 0 Å². The van der Waals surface area contributed by atoms with E-state index in [-0.39, 0.29) is 18.3 Å². The molecule has 0 radical (unpaired) electrons. The van der Waals surface area contributed by atoms with E-state index in [1.54, 1.807) is 23.1 Å². The van der Waals surface area contributed by atoms with Crippen LogP contribution < -0.4 is 9.64 Å². The molecule has 1 amide bonds. The maximum absolute atomic E-state index is 13.0. The normalized spacial score (nSPS) is 14.8. The zero-order valence-electron chi connectivity index (χ0n) is 14.8. The van der Waals surface area contributed by atoms with Crippen molar-refractivity contribution in [3.8, 4) is 5.75 Å². The summed E-state index contributed by atoms with van der Waals surface area (Å²) in [5.41, 5.74) is 1.65. The molecule has 0 aliphatic carbocycles. The largest absolute Gasteiger partial charge is 0.449 e. The van der Waals surface area contributed by atoms with E-state index in [4.69, 9.17) is 16.3 Å². The lowest BCUT2D eigenvalue weighted by atomic mass is 10.1. The van der Waals surface area contributed by atoms with Crippen molar-refractivity contribution >= 4 is 41.7 Å². The van der Waals surface area contributed by atoms with Crippen LogP contribution in [0, 0.1) is 0 Å². The van der Waals surface area contributed by atoms with Crippen molar-refractivity contribution in [3.63, 3.8) is 0 Å². The number of amides is 1. The Hall–Kier alpha value is -2.01. The average Bonchev–Trinajstić information content (AvgIpc) is 2.59. The number of halogens is 2. The monoisotopic (exact) mass is 392 g/mol. The van der Waals surface area contributed by atoms with E-state index < -0.39 is 0 Å². The van der Waals surface area contributed by atoms with E-state index in [1.807, 2.05) is 50.5 Å². The Labute approximate surface area is 165 Å². The molecule has 6 heteroatoms. The molecule has 0 saturated heterocycles. The summed E-state index contributed by atoms with van der Waals surface area (Å²) in [4.78, 5) is 16.8. The first kappa shape index (κ1) is 20.3. The summed E-state index contributed by atoms with van der Waals surface area (Å²) in [5, 5.41) is 0.586. The Morgan fingerprint density at radius 1 is 1.15 bits per heavy atom. The zero-order chi connectivity index (χ0) is 17.8. The van der Waals surface area contributed by atoms with E-state index >= 15 is 0 Å². The van der Waals surface area contributed by atoms with Gasteiger partial charge in [0.25, 0.3) is 5.91 Å². The summed E-state index contributed by atoms with van der Waals surface area (Å²) in [6, 6.07) is 15.1. The molecule has 0 unspecified atom stereocenters. The van der Waals surface area contributed by atoms with Crippen LogP contribution in [0.3, 0.4) is 0 Å². The topological polar surface area (TPSA) is 32.8 Å². The smallest absolute Gasteiger partial charge is 0.294 e. The Balaban J connectivity index is 0.00000243. The summed E-state index contributed by atoms with van der Waals surface area (Å²) < 4.78 is 5.86. The molecule has 0 saturated carbocycles. The summed E-state index contributed by atoms with van der Waals surface area (Å²) in [5.74, 6) is 0.833. The van der Waals surface area contributed by atoms with Crippen molar-refractivity contribution in [2.45, 2.75) is 6.42 Å². The number of anilines is 1. The number of rotatable bonds is 5. The molecule has 0 atom stereocenters. The third-order valence-corrected chi connectivity index (χ3v) is 4.21. The number of fused-ring (bicyclic) bond motifs is 1. The number of hydrogen-bond donors (Lipinski definition) is 0. The lowest BCUT2D eigenvalue weighted by molar-refractivity contribution is -0.117. The number of nitrogens with zero attached hydrogens (tertiary/aromatic N) is 2. The predicted molar refractivity (Wildman–Crippen MR) is 109 cm³/mol. The highest BCUT2D eigenvalue weighted by Crippen LogP contribution is 2.37. The predicted octanol–water partition coefficient (Wildman–Crippen LogP) is 4.48. The second kappa shape index (κ2) is 9.08. The summed E-state index contributed by atoms with van der Waals surface area (Å²) in [6.07, 6.45) is 2.64. The van der Waals surface area contributed by atoms with Gasteiger partial charge in [0.05, 0.1) is 5.69 Å². The van der Waals surface area contributed by atoms with Crippen LogP contribution in [-0.2, 0) is 4.79 Å². The molecule has 2 aromatic carbocycles. The van der Waals surface area contributed by atoms with E-state index in [9.17, 15) is 4.79 Å². The molecule has 2 aromatic rings. The van der Waals surface area contributed by atoms with Crippen molar-refractivity contribution in [2.24, 2.45) is 0 Å². The fourth-order valence-electron chi connectivity index (χ4n) is 2.75. The molecule has 0 aromatic heterocycles. The molecule has 138 valence electrons. The second-order valence-corrected chi connectivity index (χ2v) is 6.68. The third-order valence-electron chi connectivity index (χ3n) is 3.97. The molecular weight excluding hydrogens is 371 g/mol. The quantitative estimate of drug-likeness (QED) is 0.703.